The van der Waals surface area contributed by atoms with Gasteiger partial charge in [0.05, 0.1) is 0 Å². The van der Waals surface area contributed by atoms with E-state index in [1.807, 2.05) is 0 Å². The van der Waals surface area contributed by atoms with Gasteiger partial charge in [-0.25, -0.2) is 0 Å². The van der Waals surface area contributed by atoms with E-state index in [2.05, 4.69) is 477 Å². The standard InChI is InChI=1S/2C36H30NP2.17CO.2Cr.3Mn.2S.H/c2*1-7-19-31(20-8-1)38(32-21-9-2-10-22-32,33-23-11-3-12-24-33)37-39(34-25-13-4-14-26-34,35-27-15-5-16-28-35)36-29-17-6-18-30-36;17*1-2;;;;;;;;/h2*1-30H;;;;;;;;;;;;;;;;;;;;;;;;;/q2*+1;;;;;;;;;;;;;;;;;;;;;;;2*-2;-1. The molecule has 0 aliphatic carbocycles. The van der Waals surface area contributed by atoms with Crippen LogP contribution in [0, 0.1) is 113 Å². The Morgan fingerprint density at radius 1 is 0.160 bits per heavy atom. The Morgan fingerprint density at radius 2 is 0.235 bits per heavy atom. The Kier molecular flexibility index (Phi) is 118. The normalized spacial score (nSPS) is 7.88. The molecule has 0 aromatic heterocycles. The second-order valence-corrected chi connectivity index (χ2v) is 31.5. The average Bonchev–Trinajstić information content (AvgIpc) is 0.726. The van der Waals surface area contributed by atoms with Crippen molar-refractivity contribution in [3.05, 3.63) is 477 Å². The molecule has 0 saturated carbocycles. The van der Waals surface area contributed by atoms with Gasteiger partial charge in [0.25, 0.3) is 0 Å². The molecule has 30 heteroatoms. The molecule has 597 valence electrons. The molecule has 12 rings (SSSR count). The minimum atomic E-state index is -2.50. The Balaban J connectivity index is -0.0000000994. The third-order valence-corrected chi connectivity index (χ3v) is 30.9. The van der Waals surface area contributed by atoms with E-state index in [-0.39, 0.29) is 114 Å². The van der Waals surface area contributed by atoms with Crippen LogP contribution >= 0.6 is 28.9 Å². The largest absolute Gasteiger partial charge is 2.00 e. The minimum absolute atomic E-state index is 0. The summed E-state index contributed by atoms with van der Waals surface area (Å²) >= 11 is 0. The third-order valence-electron chi connectivity index (χ3n) is 14.1. The average molecular weight is 1890 g/mol. The Hall–Kier alpha value is -9.14. The van der Waals surface area contributed by atoms with E-state index in [1.54, 1.807) is 0 Å². The van der Waals surface area contributed by atoms with E-state index in [4.69, 9.17) is 88.1 Å². The fourth-order valence-corrected chi connectivity index (χ4v) is 29.5. The summed E-state index contributed by atoms with van der Waals surface area (Å²) in [6.45, 7) is 76.5. The zero-order valence-electron chi connectivity index (χ0n) is 62.5. The van der Waals surface area contributed by atoms with Crippen molar-refractivity contribution in [2.45, 2.75) is 0 Å². The summed E-state index contributed by atoms with van der Waals surface area (Å²) in [5.74, 6) is 0. The Labute approximate surface area is 765 Å². The number of nitrogens with zero attached hydrogens (tertiary/aromatic N) is 2. The van der Waals surface area contributed by atoms with Crippen LogP contribution in [0.5, 0.6) is 0 Å². The first-order chi connectivity index (χ1) is 55.7. The molecule has 0 amide bonds. The summed E-state index contributed by atoms with van der Waals surface area (Å²) in [6.07, 6.45) is 0. The van der Waals surface area contributed by atoms with Gasteiger partial charge < -0.3 is 28.4 Å². The first-order valence-electron chi connectivity index (χ1n) is 29.9. The van der Waals surface area contributed by atoms with Gasteiger partial charge >= 0.3 is 192 Å². The predicted octanol–water partition coefficient (Wildman–Crippen LogP) is 13.6. The van der Waals surface area contributed by atoms with E-state index in [0.29, 0.717) is 0 Å². The first-order valence-corrected chi connectivity index (χ1v) is 36.8. The molecular formula is C89H61Cr2Mn3N2O17P4S2-3. The first kappa shape index (κ1) is 142. The van der Waals surface area contributed by atoms with E-state index < -0.39 is 28.9 Å². The predicted molar refractivity (Wildman–Crippen MR) is 428 cm³/mol. The van der Waals surface area contributed by atoms with Crippen molar-refractivity contribution in [2.75, 3.05) is 0 Å². The van der Waals surface area contributed by atoms with Gasteiger partial charge in [0.15, 0.2) is 0 Å². The number of hydrogen-bond donors (Lipinski definition) is 0. The molecular weight excluding hydrogens is 1830 g/mol. The van der Waals surface area contributed by atoms with Crippen LogP contribution in [-0.4, -0.2) is 0 Å². The summed E-state index contributed by atoms with van der Waals surface area (Å²) in [4.78, 5) is 0. The van der Waals surface area contributed by atoms with Crippen molar-refractivity contribution in [1.82, 2.24) is 0 Å². The Bertz CT molecular complexity index is 4020. The van der Waals surface area contributed by atoms with Crippen LogP contribution in [0.2, 0.25) is 0 Å². The number of rotatable bonds is 14. The smallest absolute Gasteiger partial charge is 0.228 e. The van der Waals surface area contributed by atoms with Gasteiger partial charge in [-0.1, -0.05) is 291 Å². The van der Waals surface area contributed by atoms with Crippen LogP contribution in [0.4, 0.5) is 0 Å². The topological polar surface area (TPSA) is 363 Å². The summed E-state index contributed by atoms with van der Waals surface area (Å²) in [6, 6.07) is 131. The van der Waals surface area contributed by atoms with Crippen molar-refractivity contribution in [1.29, 1.82) is 0 Å². The number of hydrogen-bond acceptors (Lipinski definition) is 2. The Morgan fingerprint density at radius 3 is 0.319 bits per heavy atom. The molecule has 0 spiro atoms. The van der Waals surface area contributed by atoms with Gasteiger partial charge in [0, 0.05) is 118 Å². The van der Waals surface area contributed by atoms with E-state index in [0.717, 1.165) is 0 Å². The zero-order valence-corrected chi connectivity index (χ0v) is 72.8. The molecule has 119 heavy (non-hydrogen) atoms. The minimum Gasteiger partial charge on any atom is -2.00 e. The van der Waals surface area contributed by atoms with Gasteiger partial charge in [-0.15, -0.1) is 9.03 Å². The summed E-state index contributed by atoms with van der Waals surface area (Å²) < 4.78 is 140. The second kappa shape index (κ2) is 99.4. The SMILES string of the molecule is [C-]#[O+].[C-]#[O+].[C-]#[O+].[C-]#[O+].[C-]#[O+].[C-]#[O+].[C-]#[O+].[C-]#[O+].[C-]#[O+].[C-]#[O+].[C-]#[O+].[C-]#[O+].[C-]#[O+].[C-]#[O+].[C-]#[O+].[C-]#[O+].[C-]#[O+].[Cr].[Cr].[H-].[Mn].[Mn].[Mn].[S-2].[S-2].c1ccc(P(=N[P+](c2ccccc2)(c2ccccc2)c2ccccc2)(c2ccccc2)c2ccccc2)cc1.c1ccc(P(=N[P+](c2ccccc2)(c2ccccc2)c2ccccc2)(c2ccccc2)c2ccccc2)cc1. The van der Waals surface area contributed by atoms with Crippen molar-refractivity contribution in [3.63, 3.8) is 0 Å². The quantitative estimate of drug-likeness (QED) is 0.0424. The van der Waals surface area contributed by atoms with Crippen molar-refractivity contribution >= 4 is 120 Å². The molecule has 0 unspecified atom stereocenters. The van der Waals surface area contributed by atoms with Gasteiger partial charge in [0.2, 0.25) is 14.8 Å². The molecule has 0 aliphatic heterocycles. The van der Waals surface area contributed by atoms with Gasteiger partial charge in [-0.2, -0.15) is 0 Å². The van der Waals surface area contributed by atoms with Gasteiger partial charge in [0.1, 0.15) is 45.9 Å². The summed E-state index contributed by atoms with van der Waals surface area (Å²) in [5.41, 5.74) is 0. The van der Waals surface area contributed by atoms with Crippen molar-refractivity contribution in [3.8, 4) is 0 Å². The van der Waals surface area contributed by atoms with Crippen LogP contribution in [0.15, 0.2) is 373 Å². The molecule has 12 aromatic carbocycles. The van der Waals surface area contributed by atoms with Gasteiger partial charge in [-0.3, -0.25) is 0 Å². The fourth-order valence-electron chi connectivity index (χ4n) is 10.5. The maximum absolute atomic E-state index is 7.50. The molecule has 0 N–H and O–H groups in total. The molecule has 19 nitrogen and oxygen atoms in total. The molecule has 0 atom stereocenters. The maximum Gasteiger partial charge on any atom is 0.228 e. The number of benzene rings is 12. The van der Waals surface area contributed by atoms with E-state index in [9.17, 15) is 0 Å². The molecule has 0 aliphatic rings. The maximum atomic E-state index is 7.50. The van der Waals surface area contributed by atoms with Crippen LogP contribution < -0.4 is 63.7 Å². The fraction of sp³-hybridized carbons (Fsp3) is 0. The second-order valence-electron chi connectivity index (χ2n) is 18.7. The van der Waals surface area contributed by atoms with E-state index >= 15 is 0 Å². The molecule has 0 fully saturated rings. The van der Waals surface area contributed by atoms with Crippen LogP contribution in [-0.2, 0) is 192 Å². The van der Waals surface area contributed by atoms with Crippen LogP contribution in [0.3, 0.4) is 0 Å². The molecule has 12 aromatic rings. The zero-order chi connectivity index (χ0) is 86.8. The third kappa shape index (κ3) is 42.6. The summed E-state index contributed by atoms with van der Waals surface area (Å²) in [7, 11) is -9.99. The van der Waals surface area contributed by atoms with Crippen LogP contribution in [0.25, 0.3) is 0 Å². The molecule has 0 heterocycles. The summed E-state index contributed by atoms with van der Waals surface area (Å²) in [5, 5.41) is 15.1. The van der Waals surface area contributed by atoms with Crippen molar-refractivity contribution in [2.24, 2.45) is 9.03 Å². The van der Waals surface area contributed by atoms with Gasteiger partial charge in [-0.05, 0) is 72.8 Å². The van der Waals surface area contributed by atoms with Crippen molar-refractivity contribution < 1.29 is 166 Å². The van der Waals surface area contributed by atoms with Crippen LogP contribution in [0.1, 0.15) is 1.43 Å². The molecule has 0 bridgehead atoms. The molecule has 3 radical (unpaired) electrons. The monoisotopic (exact) mass is 1890 g/mol. The van der Waals surface area contributed by atoms with E-state index in [1.165, 1.54) is 63.7 Å². The molecule has 0 saturated heterocycles.